The lowest BCUT2D eigenvalue weighted by atomic mass is 9.74. The van der Waals surface area contributed by atoms with Crippen molar-refractivity contribution in [1.29, 1.82) is 0 Å². The van der Waals surface area contributed by atoms with E-state index in [0.29, 0.717) is 18.9 Å². The van der Waals surface area contributed by atoms with Crippen molar-refractivity contribution < 1.29 is 9.53 Å². The Labute approximate surface area is 165 Å². The summed E-state index contributed by atoms with van der Waals surface area (Å²) in [5.41, 5.74) is 1.28. The van der Waals surface area contributed by atoms with E-state index in [1.54, 1.807) is 0 Å². The molecule has 1 aromatic carbocycles. The SMILES string of the molecule is Cl.O=C(CCC1CCNC1)NCC1(c2cccc(Br)c2)CCOCC1. The average Bonchev–Trinajstić information content (AvgIpc) is 3.12. The largest absolute Gasteiger partial charge is 0.381 e. The highest BCUT2D eigenvalue weighted by Gasteiger charge is 2.35. The standard InChI is InChI=1S/C19H27BrN2O2.ClH/c20-17-3-1-2-16(12-17)19(7-10-24-11-8-19)14-22-18(23)5-4-15-6-9-21-13-15;/h1-3,12,15,21H,4-11,13-14H2,(H,22,23);1H. The summed E-state index contributed by atoms with van der Waals surface area (Å²) in [4.78, 5) is 12.3. The Balaban J connectivity index is 0.00000225. The highest BCUT2D eigenvalue weighted by atomic mass is 79.9. The van der Waals surface area contributed by atoms with Gasteiger partial charge in [0.25, 0.3) is 0 Å². The fourth-order valence-electron chi connectivity index (χ4n) is 3.80. The summed E-state index contributed by atoms with van der Waals surface area (Å²) in [6.45, 7) is 4.38. The molecule has 140 valence electrons. The van der Waals surface area contributed by atoms with Crippen LogP contribution in [0, 0.1) is 5.92 Å². The lowest BCUT2D eigenvalue weighted by Crippen LogP contribution is -2.44. The Kier molecular flexibility index (Phi) is 8.20. The first kappa shape index (κ1) is 20.7. The summed E-state index contributed by atoms with van der Waals surface area (Å²) in [6, 6.07) is 8.48. The molecular formula is C19H28BrClN2O2. The first-order chi connectivity index (χ1) is 11.7. The lowest BCUT2D eigenvalue weighted by molar-refractivity contribution is -0.121. The van der Waals surface area contributed by atoms with Crippen LogP contribution >= 0.6 is 28.3 Å². The molecule has 6 heteroatoms. The number of carbonyl (C=O) groups is 1. The molecule has 0 bridgehead atoms. The molecule has 1 atom stereocenters. The van der Waals surface area contributed by atoms with Crippen LogP contribution < -0.4 is 10.6 Å². The molecule has 0 radical (unpaired) electrons. The number of hydrogen-bond acceptors (Lipinski definition) is 3. The number of amides is 1. The molecule has 25 heavy (non-hydrogen) atoms. The summed E-state index contributed by atoms with van der Waals surface area (Å²) in [6.07, 6.45) is 4.74. The normalized spacial score (nSPS) is 22.2. The molecule has 2 fully saturated rings. The summed E-state index contributed by atoms with van der Waals surface area (Å²) in [5, 5.41) is 6.57. The van der Waals surface area contributed by atoms with Gasteiger partial charge in [0.1, 0.15) is 0 Å². The highest BCUT2D eigenvalue weighted by molar-refractivity contribution is 9.10. The van der Waals surface area contributed by atoms with Gasteiger partial charge in [0.2, 0.25) is 5.91 Å². The smallest absolute Gasteiger partial charge is 0.220 e. The van der Waals surface area contributed by atoms with Gasteiger partial charge in [-0.25, -0.2) is 0 Å². The third kappa shape index (κ3) is 5.68. The van der Waals surface area contributed by atoms with Crippen LogP contribution in [0.1, 0.15) is 37.7 Å². The Hall–Kier alpha value is -0.620. The van der Waals surface area contributed by atoms with Crippen molar-refractivity contribution in [1.82, 2.24) is 10.6 Å². The van der Waals surface area contributed by atoms with Crippen LogP contribution in [0.3, 0.4) is 0 Å². The zero-order valence-electron chi connectivity index (χ0n) is 14.6. The summed E-state index contributed by atoms with van der Waals surface area (Å²) in [5.74, 6) is 0.848. The summed E-state index contributed by atoms with van der Waals surface area (Å²) >= 11 is 3.57. The number of benzene rings is 1. The van der Waals surface area contributed by atoms with Crippen molar-refractivity contribution in [2.45, 2.75) is 37.5 Å². The van der Waals surface area contributed by atoms with Crippen LogP contribution in [-0.2, 0) is 14.9 Å². The van der Waals surface area contributed by atoms with E-state index in [-0.39, 0.29) is 23.7 Å². The molecule has 3 rings (SSSR count). The average molecular weight is 432 g/mol. The van der Waals surface area contributed by atoms with Gasteiger partial charge in [-0.3, -0.25) is 4.79 Å². The van der Waals surface area contributed by atoms with Crippen LogP contribution in [0.15, 0.2) is 28.7 Å². The molecule has 4 nitrogen and oxygen atoms in total. The second kappa shape index (κ2) is 9.91. The number of hydrogen-bond donors (Lipinski definition) is 2. The fourth-order valence-corrected chi connectivity index (χ4v) is 4.20. The van der Waals surface area contributed by atoms with E-state index in [4.69, 9.17) is 4.74 Å². The maximum Gasteiger partial charge on any atom is 0.220 e. The first-order valence-corrected chi connectivity index (χ1v) is 9.78. The van der Waals surface area contributed by atoms with Gasteiger partial charge < -0.3 is 15.4 Å². The topological polar surface area (TPSA) is 50.4 Å². The summed E-state index contributed by atoms with van der Waals surface area (Å²) in [7, 11) is 0. The third-order valence-electron chi connectivity index (χ3n) is 5.45. The number of nitrogens with one attached hydrogen (secondary N) is 2. The quantitative estimate of drug-likeness (QED) is 0.725. The van der Waals surface area contributed by atoms with Gasteiger partial charge in [-0.1, -0.05) is 28.1 Å². The third-order valence-corrected chi connectivity index (χ3v) is 5.95. The molecule has 2 heterocycles. The minimum absolute atomic E-state index is 0. The van der Waals surface area contributed by atoms with Crippen molar-refractivity contribution in [2.75, 3.05) is 32.8 Å². The van der Waals surface area contributed by atoms with Crippen molar-refractivity contribution in [3.05, 3.63) is 34.3 Å². The molecule has 0 aliphatic carbocycles. The molecule has 0 saturated carbocycles. The van der Waals surface area contributed by atoms with Gasteiger partial charge >= 0.3 is 0 Å². The minimum atomic E-state index is -0.00734. The van der Waals surface area contributed by atoms with Gasteiger partial charge in [0, 0.05) is 36.1 Å². The van der Waals surface area contributed by atoms with Crippen LogP contribution in [0.25, 0.3) is 0 Å². The Morgan fingerprint density at radius 1 is 1.36 bits per heavy atom. The fraction of sp³-hybridized carbons (Fsp3) is 0.632. The molecule has 1 aromatic rings. The molecular weight excluding hydrogens is 404 g/mol. The van der Waals surface area contributed by atoms with Gasteiger partial charge in [-0.2, -0.15) is 0 Å². The molecule has 0 aromatic heterocycles. The van der Waals surface area contributed by atoms with Gasteiger partial charge in [0.05, 0.1) is 0 Å². The molecule has 2 saturated heterocycles. The zero-order chi connectivity index (χ0) is 16.8. The summed E-state index contributed by atoms with van der Waals surface area (Å²) < 4.78 is 6.66. The number of ether oxygens (including phenoxy) is 1. The zero-order valence-corrected chi connectivity index (χ0v) is 17.0. The number of carbonyl (C=O) groups excluding carboxylic acids is 1. The second-order valence-corrected chi connectivity index (χ2v) is 7.99. The van der Waals surface area contributed by atoms with Gasteiger partial charge in [-0.15, -0.1) is 12.4 Å². The Bertz CT molecular complexity index is 558. The van der Waals surface area contributed by atoms with Crippen LogP contribution in [0.5, 0.6) is 0 Å². The Morgan fingerprint density at radius 2 is 2.16 bits per heavy atom. The van der Waals surface area contributed by atoms with E-state index >= 15 is 0 Å². The van der Waals surface area contributed by atoms with Crippen LogP contribution in [0.4, 0.5) is 0 Å². The number of rotatable bonds is 6. The van der Waals surface area contributed by atoms with E-state index < -0.39 is 0 Å². The van der Waals surface area contributed by atoms with Crippen molar-refractivity contribution in [3.63, 3.8) is 0 Å². The lowest BCUT2D eigenvalue weighted by Gasteiger charge is -2.38. The van der Waals surface area contributed by atoms with Crippen molar-refractivity contribution in [3.8, 4) is 0 Å². The highest BCUT2D eigenvalue weighted by Crippen LogP contribution is 2.35. The second-order valence-electron chi connectivity index (χ2n) is 7.08. The molecule has 2 aliphatic heterocycles. The minimum Gasteiger partial charge on any atom is -0.381 e. The van der Waals surface area contributed by atoms with Crippen molar-refractivity contribution in [2.24, 2.45) is 5.92 Å². The predicted molar refractivity (Wildman–Crippen MR) is 106 cm³/mol. The number of halogens is 2. The molecule has 1 unspecified atom stereocenters. The van der Waals surface area contributed by atoms with E-state index in [2.05, 4.69) is 44.8 Å². The maximum absolute atomic E-state index is 12.3. The monoisotopic (exact) mass is 430 g/mol. The van der Waals surface area contributed by atoms with Crippen LogP contribution in [0.2, 0.25) is 0 Å². The molecule has 2 aliphatic rings. The van der Waals surface area contributed by atoms with E-state index in [1.165, 1.54) is 12.0 Å². The van der Waals surface area contributed by atoms with Crippen molar-refractivity contribution >= 4 is 34.2 Å². The van der Waals surface area contributed by atoms with E-state index in [1.807, 2.05) is 6.07 Å². The molecule has 2 N–H and O–H groups in total. The molecule has 0 spiro atoms. The first-order valence-electron chi connectivity index (χ1n) is 8.99. The Morgan fingerprint density at radius 3 is 2.84 bits per heavy atom. The van der Waals surface area contributed by atoms with Gasteiger partial charge in [-0.05, 0) is 62.4 Å². The van der Waals surface area contributed by atoms with E-state index in [0.717, 1.165) is 50.0 Å². The predicted octanol–water partition coefficient (Wildman–Crippen LogP) is 3.43. The van der Waals surface area contributed by atoms with E-state index in [9.17, 15) is 4.79 Å². The molecule has 1 amide bonds. The van der Waals surface area contributed by atoms with Crippen LogP contribution in [-0.4, -0.2) is 38.8 Å². The van der Waals surface area contributed by atoms with Gasteiger partial charge in [0.15, 0.2) is 0 Å². The maximum atomic E-state index is 12.3.